The summed E-state index contributed by atoms with van der Waals surface area (Å²) in [5.41, 5.74) is 20.2. The first-order valence-electron chi connectivity index (χ1n) is 9.33. The lowest BCUT2D eigenvalue weighted by molar-refractivity contribution is 1.20. The Morgan fingerprint density at radius 3 is 1.80 bits per heavy atom. The molecule has 3 aromatic carbocycles. The Labute approximate surface area is 181 Å². The summed E-state index contributed by atoms with van der Waals surface area (Å²) in [6, 6.07) is 23.8. The van der Waals surface area contributed by atoms with Crippen LogP contribution in [-0.4, -0.2) is 17.4 Å². The highest BCUT2D eigenvalue weighted by molar-refractivity contribution is 6.33. The molecule has 0 aromatic heterocycles. The summed E-state index contributed by atoms with van der Waals surface area (Å²) in [5, 5.41) is 12.7. The first kappa shape index (κ1) is 21.1. The average molecular weight is 419 g/mol. The number of nitrogens with two attached hydrogens (primary N) is 2. The Bertz CT molecular complexity index is 1100. The number of benzene rings is 3. The van der Waals surface area contributed by atoms with Crippen molar-refractivity contribution in [2.45, 2.75) is 13.8 Å². The Hall–Kier alpha value is -3.64. The van der Waals surface area contributed by atoms with Crippen molar-refractivity contribution >= 4 is 34.7 Å². The van der Waals surface area contributed by atoms with E-state index in [0.29, 0.717) is 5.02 Å². The molecular formula is C23H23ClN6. The molecule has 3 rings (SSSR count). The lowest BCUT2D eigenvalue weighted by atomic mass is 10.0. The van der Waals surface area contributed by atoms with E-state index in [4.69, 9.17) is 23.1 Å². The molecule has 0 fully saturated rings. The highest BCUT2D eigenvalue weighted by atomic mass is 35.5. The number of anilines is 1. The minimum atomic E-state index is -0.0630. The fraction of sp³-hybridized carbons (Fsp3) is 0.0870. The summed E-state index contributed by atoms with van der Waals surface area (Å²) in [5.74, 6) is -0.0630. The van der Waals surface area contributed by atoms with E-state index in [0.717, 1.165) is 39.4 Å². The van der Waals surface area contributed by atoms with Crippen molar-refractivity contribution in [3.63, 3.8) is 0 Å². The van der Waals surface area contributed by atoms with Gasteiger partial charge in [0, 0.05) is 0 Å². The van der Waals surface area contributed by atoms with Crippen LogP contribution < -0.4 is 16.9 Å². The molecule has 0 unspecified atom stereocenters. The van der Waals surface area contributed by atoms with E-state index in [9.17, 15) is 0 Å². The Kier molecular flexibility index (Phi) is 6.83. The molecule has 0 aliphatic rings. The van der Waals surface area contributed by atoms with E-state index in [2.05, 4.69) is 32.9 Å². The van der Waals surface area contributed by atoms with Gasteiger partial charge in [-0.2, -0.15) is 10.2 Å². The van der Waals surface area contributed by atoms with Gasteiger partial charge < -0.3 is 11.5 Å². The number of halogens is 1. The van der Waals surface area contributed by atoms with Gasteiger partial charge >= 0.3 is 0 Å². The van der Waals surface area contributed by atoms with E-state index in [1.165, 1.54) is 0 Å². The minimum Gasteiger partial charge on any atom is -0.369 e. The van der Waals surface area contributed by atoms with Gasteiger partial charge in [-0.1, -0.05) is 72.3 Å². The predicted molar refractivity (Wildman–Crippen MR) is 127 cm³/mol. The van der Waals surface area contributed by atoms with Crippen molar-refractivity contribution in [2.75, 3.05) is 5.43 Å². The quantitative estimate of drug-likeness (QED) is 0.303. The summed E-state index contributed by atoms with van der Waals surface area (Å²) >= 11 is 6.15. The molecule has 3 aromatic rings. The van der Waals surface area contributed by atoms with Crippen LogP contribution in [0.4, 0.5) is 5.69 Å². The second-order valence-corrected chi connectivity index (χ2v) is 7.06. The molecule has 30 heavy (non-hydrogen) atoms. The van der Waals surface area contributed by atoms with Gasteiger partial charge in [0.25, 0.3) is 0 Å². The number of nitrogens with one attached hydrogen (secondary N) is 1. The highest BCUT2D eigenvalue weighted by Crippen LogP contribution is 2.22. The van der Waals surface area contributed by atoms with E-state index in [-0.39, 0.29) is 5.96 Å². The normalized spacial score (nSPS) is 11.8. The summed E-state index contributed by atoms with van der Waals surface area (Å²) in [4.78, 5) is 0. The van der Waals surface area contributed by atoms with Crippen molar-refractivity contribution in [3.05, 3.63) is 88.9 Å². The first-order valence-corrected chi connectivity index (χ1v) is 9.71. The summed E-state index contributed by atoms with van der Waals surface area (Å²) in [6.07, 6.45) is 0. The summed E-state index contributed by atoms with van der Waals surface area (Å²) in [7, 11) is 0. The van der Waals surface area contributed by atoms with Crippen molar-refractivity contribution < 1.29 is 0 Å². The van der Waals surface area contributed by atoms with Crippen LogP contribution in [0, 0.1) is 0 Å². The lowest BCUT2D eigenvalue weighted by Crippen LogP contribution is -2.22. The minimum absolute atomic E-state index is 0.0630. The molecule has 0 atom stereocenters. The zero-order valence-corrected chi connectivity index (χ0v) is 17.6. The highest BCUT2D eigenvalue weighted by Gasteiger charge is 2.03. The number of nitrogens with zero attached hydrogens (tertiary/aromatic N) is 3. The number of guanidine groups is 1. The van der Waals surface area contributed by atoms with Crippen molar-refractivity contribution in [2.24, 2.45) is 26.8 Å². The fourth-order valence-corrected chi connectivity index (χ4v) is 2.94. The van der Waals surface area contributed by atoms with Gasteiger partial charge in [-0.15, -0.1) is 5.10 Å². The number of hydrogen-bond acceptors (Lipinski definition) is 4. The molecule has 0 bridgehead atoms. The third-order valence-electron chi connectivity index (χ3n) is 4.47. The second kappa shape index (κ2) is 9.71. The van der Waals surface area contributed by atoms with Crippen LogP contribution in [-0.2, 0) is 0 Å². The molecule has 0 saturated heterocycles. The molecule has 0 saturated carbocycles. The lowest BCUT2D eigenvalue weighted by Gasteiger charge is -2.07. The maximum atomic E-state index is 6.15. The molecule has 7 heteroatoms. The van der Waals surface area contributed by atoms with E-state index < -0.39 is 0 Å². The number of hydrazone groups is 1. The summed E-state index contributed by atoms with van der Waals surface area (Å²) in [6.45, 7) is 3.81. The van der Waals surface area contributed by atoms with Crippen molar-refractivity contribution in [1.82, 2.24) is 0 Å². The van der Waals surface area contributed by atoms with Crippen LogP contribution in [0.5, 0.6) is 0 Å². The molecular weight excluding hydrogens is 396 g/mol. The SMILES string of the molecule is CC(=NN=C(N)N)c1ccc(-c2ccc(/C(C)=N/Nc3ccccc3Cl)cc2)cc1. The van der Waals surface area contributed by atoms with Gasteiger partial charge in [0.15, 0.2) is 0 Å². The standard InChI is InChI=1S/C23H23ClN6/c1-15(27-29-22-6-4-3-5-21(22)24)17-7-11-19(12-8-17)20-13-9-18(10-14-20)16(2)28-30-23(25)26/h3-14,29H,1-2H3,(H4,25,26,30)/b27-15+,28-16?. The third-order valence-corrected chi connectivity index (χ3v) is 4.80. The third kappa shape index (κ3) is 5.46. The maximum absolute atomic E-state index is 6.15. The van der Waals surface area contributed by atoms with Gasteiger partial charge in [-0.3, -0.25) is 5.43 Å². The van der Waals surface area contributed by atoms with E-state index in [1.807, 2.05) is 74.5 Å². The molecule has 0 aliphatic carbocycles. The maximum Gasteiger partial charge on any atom is 0.211 e. The van der Waals surface area contributed by atoms with Crippen LogP contribution in [0.1, 0.15) is 25.0 Å². The first-order chi connectivity index (χ1) is 14.4. The topological polar surface area (TPSA) is 101 Å². The van der Waals surface area contributed by atoms with E-state index >= 15 is 0 Å². The second-order valence-electron chi connectivity index (χ2n) is 6.65. The van der Waals surface area contributed by atoms with E-state index in [1.54, 1.807) is 0 Å². The van der Waals surface area contributed by atoms with Gasteiger partial charge in [-0.05, 0) is 48.2 Å². The predicted octanol–water partition coefficient (Wildman–Crippen LogP) is 4.84. The molecule has 0 heterocycles. The van der Waals surface area contributed by atoms with Crippen molar-refractivity contribution in [1.29, 1.82) is 0 Å². The Balaban J connectivity index is 1.72. The average Bonchev–Trinajstić information content (AvgIpc) is 2.77. The van der Waals surface area contributed by atoms with Gasteiger partial charge in [0.05, 0.1) is 22.1 Å². The molecule has 152 valence electrons. The molecule has 0 aliphatic heterocycles. The largest absolute Gasteiger partial charge is 0.369 e. The zero-order chi connectivity index (χ0) is 21.5. The van der Waals surface area contributed by atoms with Gasteiger partial charge in [0.2, 0.25) is 5.96 Å². The van der Waals surface area contributed by atoms with Crippen molar-refractivity contribution in [3.8, 4) is 11.1 Å². The zero-order valence-electron chi connectivity index (χ0n) is 16.8. The monoisotopic (exact) mass is 418 g/mol. The summed E-state index contributed by atoms with van der Waals surface area (Å²) < 4.78 is 0. The van der Waals surface area contributed by atoms with Crippen LogP contribution in [0.15, 0.2) is 88.1 Å². The van der Waals surface area contributed by atoms with Gasteiger partial charge in [0.1, 0.15) is 0 Å². The van der Waals surface area contributed by atoms with Crippen LogP contribution in [0.2, 0.25) is 5.02 Å². The Morgan fingerprint density at radius 1 is 0.733 bits per heavy atom. The molecule has 5 N–H and O–H groups in total. The van der Waals surface area contributed by atoms with Crippen LogP contribution >= 0.6 is 11.6 Å². The molecule has 0 radical (unpaired) electrons. The fourth-order valence-electron chi connectivity index (χ4n) is 2.76. The number of hydrogen-bond donors (Lipinski definition) is 3. The number of rotatable bonds is 6. The molecule has 0 spiro atoms. The van der Waals surface area contributed by atoms with Crippen LogP contribution in [0.25, 0.3) is 11.1 Å². The molecule has 0 amide bonds. The number of para-hydroxylation sites is 1. The Morgan fingerprint density at radius 2 is 1.27 bits per heavy atom. The smallest absolute Gasteiger partial charge is 0.211 e. The van der Waals surface area contributed by atoms with Crippen LogP contribution in [0.3, 0.4) is 0 Å². The van der Waals surface area contributed by atoms with Gasteiger partial charge in [-0.25, -0.2) is 0 Å². The molecule has 6 nitrogen and oxygen atoms in total.